The van der Waals surface area contributed by atoms with E-state index in [1.54, 1.807) is 0 Å². The van der Waals surface area contributed by atoms with Gasteiger partial charge in [-0.05, 0) is 18.6 Å². The Bertz CT molecular complexity index is 1290. The molecule has 1 aliphatic rings. The minimum Gasteiger partial charge on any atom is -0.507 e. The standard InChI is InChI=1S/C25H25ClN2O5/c1-5-10-28-22(16-13-27(2)18-9-7-6-8-14(16)18)21(24(30)25(28)31)23(29)15-11-17(26)20(33-4)12-19(15)32-3/h6-9,11-13,22,29H,5,10H2,1-4H3/b23-21+. The van der Waals surface area contributed by atoms with Gasteiger partial charge >= 0.3 is 0 Å². The molecular formula is C25H25ClN2O5. The fourth-order valence-corrected chi connectivity index (χ4v) is 4.70. The van der Waals surface area contributed by atoms with Crippen LogP contribution in [0.5, 0.6) is 11.5 Å². The lowest BCUT2D eigenvalue weighted by Gasteiger charge is -2.24. The molecule has 1 N–H and O–H groups in total. The lowest BCUT2D eigenvalue weighted by Crippen LogP contribution is -2.30. The van der Waals surface area contributed by atoms with Crippen LogP contribution in [-0.2, 0) is 16.6 Å². The first-order valence-corrected chi connectivity index (χ1v) is 11.0. The molecule has 2 heterocycles. The number of aryl methyl sites for hydroxylation is 1. The maximum absolute atomic E-state index is 13.2. The molecule has 1 aromatic heterocycles. The number of hydrogen-bond donors (Lipinski definition) is 1. The third-order valence-electron chi connectivity index (χ3n) is 5.96. The van der Waals surface area contributed by atoms with Gasteiger partial charge in [0.25, 0.3) is 11.7 Å². The van der Waals surface area contributed by atoms with Crippen LogP contribution in [0.4, 0.5) is 0 Å². The summed E-state index contributed by atoms with van der Waals surface area (Å²) in [5.41, 5.74) is 1.94. The molecule has 1 unspecified atom stereocenters. The number of para-hydroxylation sites is 1. The van der Waals surface area contributed by atoms with Gasteiger partial charge in [0, 0.05) is 42.3 Å². The minimum absolute atomic E-state index is 0.00402. The van der Waals surface area contributed by atoms with Crippen molar-refractivity contribution in [2.75, 3.05) is 20.8 Å². The molecular weight excluding hydrogens is 444 g/mol. The smallest absolute Gasteiger partial charge is 0.295 e. The molecule has 8 heteroatoms. The van der Waals surface area contributed by atoms with E-state index in [-0.39, 0.29) is 27.7 Å². The summed E-state index contributed by atoms with van der Waals surface area (Å²) in [6.07, 6.45) is 2.56. The Morgan fingerprint density at radius 3 is 2.48 bits per heavy atom. The molecule has 3 aromatic rings. The summed E-state index contributed by atoms with van der Waals surface area (Å²) in [6, 6.07) is 10.0. The number of carbonyl (C=O) groups is 2. The van der Waals surface area contributed by atoms with Crippen LogP contribution in [0.2, 0.25) is 5.02 Å². The average molecular weight is 469 g/mol. The number of nitrogens with zero attached hydrogens (tertiary/aromatic N) is 2. The molecule has 4 rings (SSSR count). The van der Waals surface area contributed by atoms with E-state index in [1.807, 2.05) is 49.0 Å². The molecule has 0 aliphatic carbocycles. The molecule has 0 spiro atoms. The van der Waals surface area contributed by atoms with Crippen LogP contribution in [0.1, 0.15) is 30.5 Å². The van der Waals surface area contributed by atoms with Crippen LogP contribution in [-0.4, -0.2) is 47.0 Å². The summed E-state index contributed by atoms with van der Waals surface area (Å²) in [4.78, 5) is 27.8. The summed E-state index contributed by atoms with van der Waals surface area (Å²) < 4.78 is 12.6. The highest BCUT2D eigenvalue weighted by atomic mass is 35.5. The Morgan fingerprint density at radius 1 is 1.12 bits per heavy atom. The maximum Gasteiger partial charge on any atom is 0.295 e. The molecule has 7 nitrogen and oxygen atoms in total. The fraction of sp³-hybridized carbons (Fsp3) is 0.280. The molecule has 2 aromatic carbocycles. The number of amides is 1. The highest BCUT2D eigenvalue weighted by molar-refractivity contribution is 6.46. The summed E-state index contributed by atoms with van der Waals surface area (Å²) in [5, 5.41) is 12.5. The third-order valence-corrected chi connectivity index (χ3v) is 6.25. The molecule has 1 fully saturated rings. The number of aliphatic hydroxyl groups excluding tert-OH is 1. The summed E-state index contributed by atoms with van der Waals surface area (Å²) >= 11 is 6.31. The highest BCUT2D eigenvalue weighted by Crippen LogP contribution is 2.44. The second-order valence-corrected chi connectivity index (χ2v) is 8.30. The van der Waals surface area contributed by atoms with Crippen LogP contribution < -0.4 is 9.47 Å². The first-order valence-electron chi connectivity index (χ1n) is 10.6. The van der Waals surface area contributed by atoms with Crippen molar-refractivity contribution in [2.24, 2.45) is 7.05 Å². The van der Waals surface area contributed by atoms with Gasteiger partial charge < -0.3 is 24.0 Å². The number of benzene rings is 2. The van der Waals surface area contributed by atoms with E-state index >= 15 is 0 Å². The highest BCUT2D eigenvalue weighted by Gasteiger charge is 2.47. The zero-order chi connectivity index (χ0) is 23.9. The number of rotatable bonds is 6. The van der Waals surface area contributed by atoms with E-state index < -0.39 is 17.7 Å². The molecule has 1 aliphatic heterocycles. The number of halogens is 1. The van der Waals surface area contributed by atoms with E-state index in [4.69, 9.17) is 21.1 Å². The SMILES string of the molecule is CCCN1C(=O)C(=O)/C(=C(/O)c2cc(Cl)c(OC)cc2OC)C1c1cn(C)c2ccccc12. The van der Waals surface area contributed by atoms with E-state index in [0.717, 1.165) is 16.5 Å². The zero-order valence-corrected chi connectivity index (χ0v) is 19.6. The predicted molar refractivity (Wildman–Crippen MR) is 127 cm³/mol. The lowest BCUT2D eigenvalue weighted by atomic mass is 9.94. The predicted octanol–water partition coefficient (Wildman–Crippen LogP) is 4.68. The number of aromatic nitrogens is 1. The largest absolute Gasteiger partial charge is 0.507 e. The van der Waals surface area contributed by atoms with Crippen molar-refractivity contribution in [3.8, 4) is 11.5 Å². The zero-order valence-electron chi connectivity index (χ0n) is 18.9. The van der Waals surface area contributed by atoms with Crippen LogP contribution >= 0.6 is 11.6 Å². The number of methoxy groups -OCH3 is 2. The molecule has 0 bridgehead atoms. The van der Waals surface area contributed by atoms with Gasteiger partial charge in [0.1, 0.15) is 17.3 Å². The van der Waals surface area contributed by atoms with Crippen LogP contribution in [0.25, 0.3) is 16.7 Å². The van der Waals surface area contributed by atoms with Crippen molar-refractivity contribution in [1.82, 2.24) is 9.47 Å². The Morgan fingerprint density at radius 2 is 1.82 bits per heavy atom. The normalized spacial score (nSPS) is 17.7. The summed E-state index contributed by atoms with van der Waals surface area (Å²) in [5.74, 6) is -1.09. The molecule has 33 heavy (non-hydrogen) atoms. The number of ether oxygens (including phenoxy) is 2. The van der Waals surface area contributed by atoms with Gasteiger partial charge in [0.05, 0.1) is 36.4 Å². The van der Waals surface area contributed by atoms with Gasteiger partial charge in [-0.1, -0.05) is 36.7 Å². The van der Waals surface area contributed by atoms with Gasteiger partial charge in [0.15, 0.2) is 0 Å². The quantitative estimate of drug-likeness (QED) is 0.323. The molecule has 1 atom stereocenters. The number of hydrogen-bond acceptors (Lipinski definition) is 5. The van der Waals surface area contributed by atoms with E-state index in [2.05, 4.69) is 0 Å². The van der Waals surface area contributed by atoms with Gasteiger partial charge in [-0.3, -0.25) is 9.59 Å². The van der Waals surface area contributed by atoms with E-state index in [1.165, 1.54) is 31.3 Å². The van der Waals surface area contributed by atoms with Crippen molar-refractivity contribution in [1.29, 1.82) is 0 Å². The van der Waals surface area contributed by atoms with Crippen molar-refractivity contribution in [3.05, 3.63) is 64.3 Å². The second-order valence-electron chi connectivity index (χ2n) is 7.89. The third kappa shape index (κ3) is 3.62. The lowest BCUT2D eigenvalue weighted by molar-refractivity contribution is -0.139. The number of fused-ring (bicyclic) bond motifs is 1. The first-order chi connectivity index (χ1) is 15.8. The van der Waals surface area contributed by atoms with Crippen molar-refractivity contribution < 1.29 is 24.2 Å². The minimum atomic E-state index is -0.748. The number of Topliss-reactive ketones (excluding diaryl/α,β-unsaturated/α-hetero) is 1. The Labute approximate surface area is 196 Å². The fourth-order valence-electron chi connectivity index (χ4n) is 4.46. The van der Waals surface area contributed by atoms with E-state index in [0.29, 0.717) is 18.7 Å². The van der Waals surface area contributed by atoms with Gasteiger partial charge in [0.2, 0.25) is 0 Å². The Balaban J connectivity index is 2.01. The number of likely N-dealkylation sites (tertiary alicyclic amines) is 1. The van der Waals surface area contributed by atoms with Crippen LogP contribution in [0.15, 0.2) is 48.2 Å². The summed E-state index contributed by atoms with van der Waals surface area (Å²) in [6.45, 7) is 2.31. The van der Waals surface area contributed by atoms with Crippen molar-refractivity contribution in [2.45, 2.75) is 19.4 Å². The van der Waals surface area contributed by atoms with Crippen LogP contribution in [0, 0.1) is 0 Å². The molecule has 172 valence electrons. The van der Waals surface area contributed by atoms with E-state index in [9.17, 15) is 14.7 Å². The topological polar surface area (TPSA) is 81.0 Å². The first kappa shape index (κ1) is 22.7. The Kier molecular flexibility index (Phi) is 6.08. The molecule has 1 saturated heterocycles. The van der Waals surface area contributed by atoms with Crippen molar-refractivity contribution >= 4 is 40.0 Å². The molecule has 0 radical (unpaired) electrons. The van der Waals surface area contributed by atoms with Crippen molar-refractivity contribution in [3.63, 3.8) is 0 Å². The van der Waals surface area contributed by atoms with Gasteiger partial charge in [-0.25, -0.2) is 0 Å². The monoisotopic (exact) mass is 468 g/mol. The van der Waals surface area contributed by atoms with Gasteiger partial charge in [-0.2, -0.15) is 0 Å². The number of carbonyl (C=O) groups excluding carboxylic acids is 2. The summed E-state index contributed by atoms with van der Waals surface area (Å²) in [7, 11) is 4.82. The number of aliphatic hydroxyl groups is 1. The Hall–Kier alpha value is -3.45. The average Bonchev–Trinajstić information content (AvgIpc) is 3.27. The van der Waals surface area contributed by atoms with Gasteiger partial charge in [-0.15, -0.1) is 0 Å². The second kappa shape index (κ2) is 8.83. The molecule has 1 amide bonds. The maximum atomic E-state index is 13.2. The molecule has 0 saturated carbocycles. The van der Waals surface area contributed by atoms with Crippen LogP contribution in [0.3, 0.4) is 0 Å². The number of ketones is 1.